The van der Waals surface area contributed by atoms with Gasteiger partial charge >= 0.3 is 0 Å². The van der Waals surface area contributed by atoms with Crippen molar-refractivity contribution in [2.75, 3.05) is 11.9 Å². The van der Waals surface area contributed by atoms with E-state index in [-0.39, 0.29) is 5.91 Å². The molecule has 0 saturated heterocycles. The van der Waals surface area contributed by atoms with Gasteiger partial charge in [-0.25, -0.2) is 9.97 Å². The number of hydrogen-bond donors (Lipinski definition) is 2. The highest BCUT2D eigenvalue weighted by Gasteiger charge is 2.15. The molecular weight excluding hydrogens is 284 g/mol. The molecule has 0 aromatic carbocycles. The third-order valence-electron chi connectivity index (χ3n) is 2.79. The Morgan fingerprint density at radius 1 is 1.35 bits per heavy atom. The molecule has 0 bridgehead atoms. The van der Waals surface area contributed by atoms with Crippen molar-refractivity contribution >= 4 is 27.7 Å². The first-order valence-corrected chi connectivity index (χ1v) is 6.54. The van der Waals surface area contributed by atoms with Crippen LogP contribution in [0.15, 0.2) is 17.0 Å². The second-order valence-corrected chi connectivity index (χ2v) is 4.95. The largest absolute Gasteiger partial charge is 0.308 e. The fourth-order valence-corrected chi connectivity index (χ4v) is 2.14. The van der Waals surface area contributed by atoms with E-state index in [1.165, 1.54) is 31.9 Å². The smallest absolute Gasteiger partial charge is 0.239 e. The third kappa shape index (κ3) is 4.05. The molecule has 2 rings (SSSR count). The third-order valence-corrected chi connectivity index (χ3v) is 3.20. The molecule has 1 aliphatic carbocycles. The number of hydrogen-bond acceptors (Lipinski definition) is 4. The van der Waals surface area contributed by atoms with Crippen LogP contribution in [-0.2, 0) is 4.79 Å². The number of anilines is 1. The normalized spacial score (nSPS) is 16.1. The van der Waals surface area contributed by atoms with Gasteiger partial charge in [0.15, 0.2) is 5.82 Å². The van der Waals surface area contributed by atoms with Gasteiger partial charge in [-0.15, -0.1) is 0 Å². The Morgan fingerprint density at radius 3 is 2.76 bits per heavy atom. The van der Waals surface area contributed by atoms with E-state index >= 15 is 0 Å². The Hall–Kier alpha value is -1.01. The maximum atomic E-state index is 11.6. The molecule has 92 valence electrons. The van der Waals surface area contributed by atoms with Gasteiger partial charge in [-0.1, -0.05) is 12.8 Å². The number of halogens is 1. The van der Waals surface area contributed by atoms with Gasteiger partial charge in [-0.2, -0.15) is 0 Å². The van der Waals surface area contributed by atoms with Crippen molar-refractivity contribution in [2.24, 2.45) is 0 Å². The van der Waals surface area contributed by atoms with Crippen molar-refractivity contribution in [3.05, 3.63) is 17.0 Å². The summed E-state index contributed by atoms with van der Waals surface area (Å²) in [5.41, 5.74) is 0. The van der Waals surface area contributed by atoms with Gasteiger partial charge in [0.05, 0.1) is 18.9 Å². The van der Waals surface area contributed by atoms with Crippen LogP contribution in [-0.4, -0.2) is 28.5 Å². The molecule has 1 saturated carbocycles. The molecule has 0 radical (unpaired) electrons. The van der Waals surface area contributed by atoms with E-state index in [1.54, 1.807) is 6.20 Å². The lowest BCUT2D eigenvalue weighted by molar-refractivity contribution is -0.115. The van der Waals surface area contributed by atoms with Crippen molar-refractivity contribution in [2.45, 2.75) is 31.7 Å². The number of amides is 1. The van der Waals surface area contributed by atoms with E-state index in [0.29, 0.717) is 23.0 Å². The molecule has 17 heavy (non-hydrogen) atoms. The molecule has 1 amide bonds. The van der Waals surface area contributed by atoms with Crippen LogP contribution in [0.4, 0.5) is 5.82 Å². The molecule has 2 N–H and O–H groups in total. The van der Waals surface area contributed by atoms with Gasteiger partial charge in [-0.3, -0.25) is 4.79 Å². The Balaban J connectivity index is 1.74. The molecule has 0 spiro atoms. The van der Waals surface area contributed by atoms with Crippen LogP contribution in [0, 0.1) is 0 Å². The highest BCUT2D eigenvalue weighted by atomic mass is 79.9. The minimum absolute atomic E-state index is 0.0754. The average Bonchev–Trinajstić information content (AvgIpc) is 2.83. The number of carbonyl (C=O) groups is 1. The van der Waals surface area contributed by atoms with Crippen LogP contribution in [0.25, 0.3) is 0 Å². The van der Waals surface area contributed by atoms with E-state index in [1.807, 2.05) is 0 Å². The number of rotatable bonds is 4. The van der Waals surface area contributed by atoms with E-state index in [2.05, 4.69) is 36.5 Å². The number of nitrogens with zero attached hydrogens (tertiary/aromatic N) is 2. The van der Waals surface area contributed by atoms with Crippen LogP contribution in [0.1, 0.15) is 25.7 Å². The zero-order valence-electron chi connectivity index (χ0n) is 9.45. The SMILES string of the molecule is O=C(CNC1CCCC1)Nc1cnc(Br)cn1. The summed E-state index contributed by atoms with van der Waals surface area (Å²) in [6.45, 7) is 0.336. The molecule has 1 fully saturated rings. The van der Waals surface area contributed by atoms with E-state index in [0.717, 1.165) is 0 Å². The summed E-state index contributed by atoms with van der Waals surface area (Å²) in [7, 11) is 0. The quantitative estimate of drug-likeness (QED) is 0.888. The summed E-state index contributed by atoms with van der Waals surface area (Å²) in [5.74, 6) is 0.403. The monoisotopic (exact) mass is 298 g/mol. The summed E-state index contributed by atoms with van der Waals surface area (Å²) in [6, 6.07) is 0.497. The average molecular weight is 299 g/mol. The fraction of sp³-hybridized carbons (Fsp3) is 0.545. The van der Waals surface area contributed by atoms with Gasteiger partial charge in [0, 0.05) is 6.04 Å². The van der Waals surface area contributed by atoms with Crippen LogP contribution in [0.3, 0.4) is 0 Å². The molecule has 1 aromatic rings. The highest BCUT2D eigenvalue weighted by Crippen LogP contribution is 2.17. The number of aromatic nitrogens is 2. The lowest BCUT2D eigenvalue weighted by Crippen LogP contribution is -2.34. The predicted octanol–water partition coefficient (Wildman–Crippen LogP) is 1.71. The van der Waals surface area contributed by atoms with Crippen molar-refractivity contribution in [1.82, 2.24) is 15.3 Å². The molecule has 0 unspecified atom stereocenters. The molecule has 1 aliphatic rings. The first kappa shape index (κ1) is 12.4. The lowest BCUT2D eigenvalue weighted by Gasteiger charge is -2.11. The molecule has 1 aromatic heterocycles. The first-order valence-electron chi connectivity index (χ1n) is 5.75. The Bertz CT molecular complexity index is 376. The molecule has 5 nitrogen and oxygen atoms in total. The Kier molecular flexibility index (Phi) is 4.44. The molecule has 0 aliphatic heterocycles. The van der Waals surface area contributed by atoms with Crippen molar-refractivity contribution in [3.8, 4) is 0 Å². The van der Waals surface area contributed by atoms with Crippen LogP contribution in [0.2, 0.25) is 0 Å². The molecular formula is C11H15BrN4O. The predicted molar refractivity (Wildman–Crippen MR) is 68.6 cm³/mol. The van der Waals surface area contributed by atoms with Crippen LogP contribution < -0.4 is 10.6 Å². The molecule has 1 heterocycles. The summed E-state index contributed by atoms with van der Waals surface area (Å²) < 4.78 is 0.652. The molecule has 6 heteroatoms. The van der Waals surface area contributed by atoms with E-state index in [9.17, 15) is 4.79 Å². The number of carbonyl (C=O) groups excluding carboxylic acids is 1. The van der Waals surface area contributed by atoms with Crippen molar-refractivity contribution in [3.63, 3.8) is 0 Å². The van der Waals surface area contributed by atoms with Gasteiger partial charge in [0.2, 0.25) is 5.91 Å². The van der Waals surface area contributed by atoms with Crippen molar-refractivity contribution < 1.29 is 4.79 Å². The molecule has 0 atom stereocenters. The summed E-state index contributed by atoms with van der Waals surface area (Å²) in [5, 5.41) is 5.94. The maximum Gasteiger partial charge on any atom is 0.239 e. The second-order valence-electron chi connectivity index (χ2n) is 4.13. The first-order chi connectivity index (χ1) is 8.24. The summed E-state index contributed by atoms with van der Waals surface area (Å²) in [4.78, 5) is 19.6. The zero-order chi connectivity index (χ0) is 12.1. The number of nitrogens with one attached hydrogen (secondary N) is 2. The maximum absolute atomic E-state index is 11.6. The van der Waals surface area contributed by atoms with E-state index < -0.39 is 0 Å². The highest BCUT2D eigenvalue weighted by molar-refractivity contribution is 9.10. The topological polar surface area (TPSA) is 66.9 Å². The standard InChI is InChI=1S/C11H15BrN4O/c12-9-5-15-10(6-14-9)16-11(17)7-13-8-3-1-2-4-8/h5-6,8,13H,1-4,7H2,(H,15,16,17). The van der Waals surface area contributed by atoms with Gasteiger partial charge < -0.3 is 10.6 Å². The Labute approximate surface area is 109 Å². The Morgan fingerprint density at radius 2 is 2.12 bits per heavy atom. The van der Waals surface area contributed by atoms with Crippen molar-refractivity contribution in [1.29, 1.82) is 0 Å². The fourth-order valence-electron chi connectivity index (χ4n) is 1.93. The van der Waals surface area contributed by atoms with E-state index in [4.69, 9.17) is 0 Å². The van der Waals surface area contributed by atoms with Gasteiger partial charge in [0.1, 0.15) is 4.60 Å². The van der Waals surface area contributed by atoms with Gasteiger partial charge in [-0.05, 0) is 28.8 Å². The van der Waals surface area contributed by atoms with Gasteiger partial charge in [0.25, 0.3) is 0 Å². The minimum Gasteiger partial charge on any atom is -0.308 e. The summed E-state index contributed by atoms with van der Waals surface area (Å²) >= 11 is 3.19. The second kappa shape index (κ2) is 6.07. The minimum atomic E-state index is -0.0754. The van der Waals surface area contributed by atoms with Crippen LogP contribution >= 0.6 is 15.9 Å². The summed E-state index contributed by atoms with van der Waals surface area (Å²) in [6.07, 6.45) is 7.95. The lowest BCUT2D eigenvalue weighted by atomic mass is 10.2. The zero-order valence-corrected chi connectivity index (χ0v) is 11.0. The van der Waals surface area contributed by atoms with Crippen LogP contribution in [0.5, 0.6) is 0 Å².